The Balaban J connectivity index is 1.85. The molecule has 1 aromatic carbocycles. The van der Waals surface area contributed by atoms with Gasteiger partial charge >= 0.3 is 0 Å². The van der Waals surface area contributed by atoms with Gasteiger partial charge in [0.2, 0.25) is 5.91 Å². The molecule has 1 aliphatic rings. The van der Waals surface area contributed by atoms with Crippen LogP contribution in [0.1, 0.15) is 26.2 Å². The smallest absolute Gasteiger partial charge is 0.238 e. The molecular formula is C15H21BrN2O2. The van der Waals surface area contributed by atoms with Crippen molar-refractivity contribution in [1.82, 2.24) is 4.90 Å². The van der Waals surface area contributed by atoms with Gasteiger partial charge in [0, 0.05) is 16.7 Å². The number of benzene rings is 1. The minimum atomic E-state index is -0.588. The predicted molar refractivity (Wildman–Crippen MR) is 83.7 cm³/mol. The Morgan fingerprint density at radius 2 is 2.25 bits per heavy atom. The molecule has 110 valence electrons. The number of hydrogen-bond donors (Lipinski definition) is 2. The molecule has 0 aliphatic carbocycles. The molecule has 0 bridgehead atoms. The summed E-state index contributed by atoms with van der Waals surface area (Å²) in [6, 6.07) is 7.57. The highest BCUT2D eigenvalue weighted by molar-refractivity contribution is 9.10. The molecule has 1 amide bonds. The third kappa shape index (κ3) is 4.89. The Labute approximate surface area is 128 Å². The van der Waals surface area contributed by atoms with Crippen LogP contribution >= 0.6 is 15.9 Å². The number of amides is 1. The van der Waals surface area contributed by atoms with Crippen LogP contribution in [0.4, 0.5) is 5.69 Å². The topological polar surface area (TPSA) is 52.6 Å². The van der Waals surface area contributed by atoms with Gasteiger partial charge in [0.1, 0.15) is 0 Å². The number of carbonyl (C=O) groups excluding carboxylic acids is 1. The molecule has 2 N–H and O–H groups in total. The fourth-order valence-electron chi connectivity index (χ4n) is 2.45. The minimum absolute atomic E-state index is 0.00959. The third-order valence-electron chi connectivity index (χ3n) is 3.63. The molecule has 1 atom stereocenters. The summed E-state index contributed by atoms with van der Waals surface area (Å²) in [5.41, 5.74) is 0.210. The Bertz CT molecular complexity index is 477. The van der Waals surface area contributed by atoms with Crippen molar-refractivity contribution in [2.45, 2.75) is 31.8 Å². The highest BCUT2D eigenvalue weighted by atomic mass is 79.9. The SMILES string of the molecule is CC1(O)CCCN(CC(=O)Nc2cccc(Br)c2)CC1. The van der Waals surface area contributed by atoms with E-state index in [0.29, 0.717) is 6.54 Å². The number of anilines is 1. The third-order valence-corrected chi connectivity index (χ3v) is 4.13. The molecule has 20 heavy (non-hydrogen) atoms. The summed E-state index contributed by atoms with van der Waals surface area (Å²) >= 11 is 3.38. The molecule has 1 fully saturated rings. The van der Waals surface area contributed by atoms with Gasteiger partial charge in [-0.05, 0) is 50.9 Å². The number of carbonyl (C=O) groups is 1. The van der Waals surface area contributed by atoms with Gasteiger partial charge in [0.15, 0.2) is 0 Å². The van der Waals surface area contributed by atoms with Crippen molar-refractivity contribution in [1.29, 1.82) is 0 Å². The average Bonchev–Trinajstić information content (AvgIpc) is 2.51. The summed E-state index contributed by atoms with van der Waals surface area (Å²) in [7, 11) is 0. The number of nitrogens with zero attached hydrogens (tertiary/aromatic N) is 1. The molecule has 1 heterocycles. The zero-order valence-corrected chi connectivity index (χ0v) is 13.3. The van der Waals surface area contributed by atoms with Crippen LogP contribution in [0.15, 0.2) is 28.7 Å². The van der Waals surface area contributed by atoms with Crippen LogP contribution < -0.4 is 5.32 Å². The van der Waals surface area contributed by atoms with Crippen molar-refractivity contribution in [2.24, 2.45) is 0 Å². The van der Waals surface area contributed by atoms with Crippen LogP contribution in [0, 0.1) is 0 Å². The lowest BCUT2D eigenvalue weighted by molar-refractivity contribution is -0.117. The maximum atomic E-state index is 12.0. The lowest BCUT2D eigenvalue weighted by Gasteiger charge is -2.22. The molecule has 1 aromatic rings. The lowest BCUT2D eigenvalue weighted by atomic mass is 9.98. The van der Waals surface area contributed by atoms with Crippen molar-refractivity contribution in [3.8, 4) is 0 Å². The molecule has 1 saturated heterocycles. The van der Waals surface area contributed by atoms with Crippen molar-refractivity contribution < 1.29 is 9.90 Å². The van der Waals surface area contributed by atoms with Gasteiger partial charge < -0.3 is 10.4 Å². The van der Waals surface area contributed by atoms with Crippen molar-refractivity contribution >= 4 is 27.5 Å². The first-order chi connectivity index (χ1) is 9.44. The Hall–Kier alpha value is -0.910. The molecule has 1 aliphatic heterocycles. The van der Waals surface area contributed by atoms with Crippen LogP contribution in [-0.2, 0) is 4.79 Å². The normalized spacial score (nSPS) is 24.1. The van der Waals surface area contributed by atoms with E-state index in [-0.39, 0.29) is 5.91 Å². The van der Waals surface area contributed by atoms with Gasteiger partial charge in [-0.2, -0.15) is 0 Å². The van der Waals surface area contributed by atoms with E-state index < -0.39 is 5.60 Å². The van der Waals surface area contributed by atoms with Crippen molar-refractivity contribution in [2.75, 3.05) is 25.0 Å². The zero-order chi connectivity index (χ0) is 14.6. The number of hydrogen-bond acceptors (Lipinski definition) is 3. The number of rotatable bonds is 3. The van der Waals surface area contributed by atoms with E-state index in [1.165, 1.54) is 0 Å². The summed E-state index contributed by atoms with van der Waals surface area (Å²) in [5.74, 6) is -0.00959. The number of nitrogens with one attached hydrogen (secondary N) is 1. The number of halogens is 1. The molecule has 0 aromatic heterocycles. The first kappa shape index (κ1) is 15.5. The molecule has 0 radical (unpaired) electrons. The maximum absolute atomic E-state index is 12.0. The Kier molecular flexibility index (Phi) is 5.18. The molecular weight excluding hydrogens is 320 g/mol. The lowest BCUT2D eigenvalue weighted by Crippen LogP contribution is -2.35. The quantitative estimate of drug-likeness (QED) is 0.889. The first-order valence-electron chi connectivity index (χ1n) is 6.95. The van der Waals surface area contributed by atoms with E-state index in [1.54, 1.807) is 0 Å². The van der Waals surface area contributed by atoms with Crippen LogP contribution in [-0.4, -0.2) is 41.1 Å². The van der Waals surface area contributed by atoms with Crippen LogP contribution in [0.3, 0.4) is 0 Å². The van der Waals surface area contributed by atoms with E-state index in [2.05, 4.69) is 26.1 Å². The summed E-state index contributed by atoms with van der Waals surface area (Å²) < 4.78 is 0.945. The fraction of sp³-hybridized carbons (Fsp3) is 0.533. The fourth-order valence-corrected chi connectivity index (χ4v) is 2.85. The van der Waals surface area contributed by atoms with E-state index in [9.17, 15) is 9.90 Å². The van der Waals surface area contributed by atoms with Gasteiger partial charge in [-0.1, -0.05) is 22.0 Å². The second-order valence-electron chi connectivity index (χ2n) is 5.69. The van der Waals surface area contributed by atoms with Gasteiger partial charge in [-0.25, -0.2) is 0 Å². The maximum Gasteiger partial charge on any atom is 0.238 e. The van der Waals surface area contributed by atoms with Crippen LogP contribution in [0.2, 0.25) is 0 Å². The summed E-state index contributed by atoms with van der Waals surface area (Å²) in [6.45, 7) is 3.88. The summed E-state index contributed by atoms with van der Waals surface area (Å²) in [4.78, 5) is 14.1. The molecule has 0 spiro atoms. The first-order valence-corrected chi connectivity index (χ1v) is 7.74. The van der Waals surface area contributed by atoms with Gasteiger partial charge in [0.05, 0.1) is 12.1 Å². The largest absolute Gasteiger partial charge is 0.390 e. The van der Waals surface area contributed by atoms with Crippen LogP contribution in [0.5, 0.6) is 0 Å². The Morgan fingerprint density at radius 1 is 1.45 bits per heavy atom. The summed E-state index contributed by atoms with van der Waals surface area (Å²) in [5, 5.41) is 12.9. The van der Waals surface area contributed by atoms with E-state index in [0.717, 1.165) is 42.5 Å². The van der Waals surface area contributed by atoms with E-state index in [4.69, 9.17) is 0 Å². The van der Waals surface area contributed by atoms with Gasteiger partial charge in [-0.3, -0.25) is 9.69 Å². The van der Waals surface area contributed by atoms with Gasteiger partial charge in [-0.15, -0.1) is 0 Å². The number of likely N-dealkylation sites (tertiary alicyclic amines) is 1. The molecule has 4 nitrogen and oxygen atoms in total. The zero-order valence-electron chi connectivity index (χ0n) is 11.7. The highest BCUT2D eigenvalue weighted by Crippen LogP contribution is 2.21. The highest BCUT2D eigenvalue weighted by Gasteiger charge is 2.25. The van der Waals surface area contributed by atoms with Gasteiger partial charge in [0.25, 0.3) is 0 Å². The van der Waals surface area contributed by atoms with Crippen LogP contribution in [0.25, 0.3) is 0 Å². The molecule has 1 unspecified atom stereocenters. The standard InChI is InChI=1S/C15H21BrN2O2/c1-15(20)6-3-8-18(9-7-15)11-14(19)17-13-5-2-4-12(16)10-13/h2,4-5,10,20H,3,6-9,11H2,1H3,(H,17,19). The molecule has 5 heteroatoms. The van der Waals surface area contributed by atoms with E-state index in [1.807, 2.05) is 31.2 Å². The van der Waals surface area contributed by atoms with E-state index >= 15 is 0 Å². The summed E-state index contributed by atoms with van der Waals surface area (Å²) in [6.07, 6.45) is 2.45. The Morgan fingerprint density at radius 3 is 3.00 bits per heavy atom. The number of aliphatic hydroxyl groups is 1. The minimum Gasteiger partial charge on any atom is -0.390 e. The second-order valence-corrected chi connectivity index (χ2v) is 6.60. The molecule has 0 saturated carbocycles. The monoisotopic (exact) mass is 340 g/mol. The average molecular weight is 341 g/mol. The van der Waals surface area contributed by atoms with Crippen molar-refractivity contribution in [3.63, 3.8) is 0 Å². The predicted octanol–water partition coefficient (Wildman–Crippen LogP) is 2.62. The molecule has 2 rings (SSSR count). The van der Waals surface area contributed by atoms with Crippen molar-refractivity contribution in [3.05, 3.63) is 28.7 Å². The second kappa shape index (κ2) is 6.70.